The second-order valence-corrected chi connectivity index (χ2v) is 10.0. The van der Waals surface area contributed by atoms with E-state index in [-0.39, 0.29) is 40.5 Å². The molecule has 0 aromatic carbocycles. The first kappa shape index (κ1) is 19.3. The molecule has 158 valence electrons. The number of rotatable bonds is 4. The normalized spacial score (nSPS) is 33.0. The molecule has 4 bridgehead atoms. The van der Waals surface area contributed by atoms with E-state index >= 15 is 0 Å². The lowest BCUT2D eigenvalue weighted by Gasteiger charge is -2.63. The predicted octanol–water partition coefficient (Wildman–Crippen LogP) is 4.28. The first-order valence-electron chi connectivity index (χ1n) is 10.7. The third-order valence-electron chi connectivity index (χ3n) is 7.65. The Morgan fingerprint density at radius 1 is 1.43 bits per heavy atom. The van der Waals surface area contributed by atoms with Crippen LogP contribution >= 0.6 is 0 Å². The number of nitriles is 1. The van der Waals surface area contributed by atoms with Gasteiger partial charge >= 0.3 is 0 Å². The molecule has 0 spiro atoms. The number of carbonyl (C=O) groups is 1. The minimum Gasteiger partial charge on any atom is -0.492 e. The summed E-state index contributed by atoms with van der Waals surface area (Å²) in [4.78, 5) is 22.7. The largest absolute Gasteiger partial charge is 0.492 e. The number of nitrogens with zero attached hydrogens (tertiary/aromatic N) is 3. The summed E-state index contributed by atoms with van der Waals surface area (Å²) in [5.41, 5.74) is 1.12. The Labute approximate surface area is 175 Å². The zero-order valence-electron chi connectivity index (χ0n) is 17.7. The van der Waals surface area contributed by atoms with E-state index in [4.69, 9.17) is 4.74 Å². The molecule has 4 heterocycles. The van der Waals surface area contributed by atoms with Crippen molar-refractivity contribution in [3.63, 3.8) is 0 Å². The third kappa shape index (κ3) is 2.73. The molecule has 4 aliphatic rings. The van der Waals surface area contributed by atoms with Crippen LogP contribution in [0.2, 0.25) is 0 Å². The molecule has 4 fully saturated rings. The summed E-state index contributed by atoms with van der Waals surface area (Å²) >= 11 is 0. The van der Waals surface area contributed by atoms with Gasteiger partial charge in [0.15, 0.2) is 11.6 Å². The average Bonchev–Trinajstić information content (AvgIpc) is 3.12. The quantitative estimate of drug-likeness (QED) is 0.816. The maximum atomic E-state index is 14.9. The van der Waals surface area contributed by atoms with Crippen LogP contribution < -0.4 is 4.74 Å². The van der Waals surface area contributed by atoms with Gasteiger partial charge in [0.2, 0.25) is 5.91 Å². The highest BCUT2D eigenvalue weighted by atomic mass is 19.1. The van der Waals surface area contributed by atoms with Crippen LogP contribution in [0.1, 0.15) is 63.9 Å². The fraction of sp³-hybridized carbons (Fsp3) is 0.609. The van der Waals surface area contributed by atoms with Crippen molar-refractivity contribution in [2.24, 2.45) is 10.8 Å². The number of methoxy groups -OCH3 is 1. The summed E-state index contributed by atoms with van der Waals surface area (Å²) in [5, 5.41) is 10.2. The molecule has 2 aromatic rings. The number of hydrogen-bond donors (Lipinski definition) is 1. The number of amides is 1. The lowest BCUT2D eigenvalue weighted by atomic mass is 9.50. The number of carbonyl (C=O) groups excluding carboxylic acids is 1. The van der Waals surface area contributed by atoms with E-state index in [1.807, 2.05) is 6.92 Å². The van der Waals surface area contributed by atoms with Gasteiger partial charge in [0.25, 0.3) is 0 Å². The minimum atomic E-state index is -0.447. The van der Waals surface area contributed by atoms with Crippen molar-refractivity contribution in [1.82, 2.24) is 14.9 Å². The summed E-state index contributed by atoms with van der Waals surface area (Å²) < 4.78 is 19.9. The van der Waals surface area contributed by atoms with E-state index in [1.54, 1.807) is 6.20 Å². The number of ether oxygens (including phenoxy) is 1. The molecule has 3 atom stereocenters. The van der Waals surface area contributed by atoms with Crippen LogP contribution in [0, 0.1) is 28.0 Å². The number of H-pyrrole nitrogens is 1. The Morgan fingerprint density at radius 2 is 2.13 bits per heavy atom. The van der Waals surface area contributed by atoms with Crippen molar-refractivity contribution >= 4 is 16.9 Å². The molecule has 0 radical (unpaired) electrons. The Bertz CT molecular complexity index is 1060. The van der Waals surface area contributed by atoms with Crippen molar-refractivity contribution in [1.29, 1.82) is 5.26 Å². The van der Waals surface area contributed by atoms with Crippen molar-refractivity contribution in [2.75, 3.05) is 7.11 Å². The van der Waals surface area contributed by atoms with Crippen LogP contribution in [0.3, 0.4) is 0 Å². The summed E-state index contributed by atoms with van der Waals surface area (Å²) in [5.74, 6) is -0.399. The number of aromatic amines is 1. The van der Waals surface area contributed by atoms with Crippen LogP contribution in [0.4, 0.5) is 4.39 Å². The van der Waals surface area contributed by atoms with Gasteiger partial charge in [-0.3, -0.25) is 4.79 Å². The van der Waals surface area contributed by atoms with E-state index in [2.05, 4.69) is 27.9 Å². The van der Waals surface area contributed by atoms with Gasteiger partial charge in [-0.2, -0.15) is 5.26 Å². The van der Waals surface area contributed by atoms with Gasteiger partial charge in [-0.1, -0.05) is 13.8 Å². The molecule has 7 heteroatoms. The summed E-state index contributed by atoms with van der Waals surface area (Å²) in [6.07, 6.45) is 7.93. The Kier molecular flexibility index (Phi) is 4.15. The number of nitrogens with one attached hydrogen (secondary N) is 1. The minimum absolute atomic E-state index is 0.0988. The molecular weight excluding hydrogens is 383 g/mol. The van der Waals surface area contributed by atoms with E-state index in [0.29, 0.717) is 17.5 Å². The van der Waals surface area contributed by atoms with Gasteiger partial charge in [-0.15, -0.1) is 0 Å². The fourth-order valence-corrected chi connectivity index (χ4v) is 6.76. The van der Waals surface area contributed by atoms with Gasteiger partial charge in [-0.25, -0.2) is 9.37 Å². The summed E-state index contributed by atoms with van der Waals surface area (Å²) in [7, 11) is 1.42. The molecule has 6 nitrogen and oxygen atoms in total. The highest BCUT2D eigenvalue weighted by Gasteiger charge is 2.60. The number of piperidine rings is 2. The van der Waals surface area contributed by atoms with Crippen molar-refractivity contribution in [3.8, 4) is 11.8 Å². The van der Waals surface area contributed by atoms with Crippen molar-refractivity contribution < 1.29 is 13.9 Å². The second-order valence-electron chi connectivity index (χ2n) is 10.0. The molecule has 2 aromatic heterocycles. The SMILES string of the molecule is COc1cnc2[nH]cc(C(C)CC(=O)N3C4CC5(C)CC3CC(C#N)(C4)C5)c2c1F. The lowest BCUT2D eigenvalue weighted by Crippen LogP contribution is -2.65. The van der Waals surface area contributed by atoms with Crippen LogP contribution in [0.25, 0.3) is 11.0 Å². The monoisotopic (exact) mass is 410 g/mol. The Morgan fingerprint density at radius 3 is 2.77 bits per heavy atom. The van der Waals surface area contributed by atoms with Crippen molar-refractivity contribution in [3.05, 3.63) is 23.8 Å². The van der Waals surface area contributed by atoms with E-state index < -0.39 is 5.82 Å². The highest BCUT2D eigenvalue weighted by molar-refractivity contribution is 5.84. The standard InChI is InChI=1S/C23H27FN4O2/c1-13(16-9-26-21-19(16)20(24)17(30-3)10-27-21)4-18(29)28-14-5-22(2)6-15(28)8-23(7-14,11-22)12-25/h9-10,13-15H,4-8,11H2,1-3H3,(H,26,27). The molecule has 30 heavy (non-hydrogen) atoms. The first-order chi connectivity index (χ1) is 14.3. The van der Waals surface area contributed by atoms with Gasteiger partial charge < -0.3 is 14.6 Å². The zero-order chi connectivity index (χ0) is 21.3. The maximum Gasteiger partial charge on any atom is 0.223 e. The molecule has 2 aliphatic carbocycles. The van der Waals surface area contributed by atoms with Gasteiger partial charge in [0.1, 0.15) is 5.65 Å². The summed E-state index contributed by atoms with van der Waals surface area (Å²) in [6, 6.07) is 2.89. The van der Waals surface area contributed by atoms with E-state index in [9.17, 15) is 14.4 Å². The third-order valence-corrected chi connectivity index (χ3v) is 7.65. The molecule has 2 saturated heterocycles. The number of pyridine rings is 1. The van der Waals surface area contributed by atoms with Gasteiger partial charge in [0.05, 0.1) is 30.2 Å². The molecule has 1 amide bonds. The molecule has 2 saturated carbocycles. The number of halogens is 1. The molecule has 6 rings (SSSR count). The smallest absolute Gasteiger partial charge is 0.223 e. The molecule has 2 aliphatic heterocycles. The average molecular weight is 410 g/mol. The first-order valence-corrected chi connectivity index (χ1v) is 10.7. The van der Waals surface area contributed by atoms with E-state index in [1.165, 1.54) is 13.3 Å². The molecule has 3 unspecified atom stereocenters. The van der Waals surface area contributed by atoms with Crippen LogP contribution in [-0.2, 0) is 4.79 Å². The van der Waals surface area contributed by atoms with Crippen LogP contribution in [0.5, 0.6) is 5.75 Å². The predicted molar refractivity (Wildman–Crippen MR) is 109 cm³/mol. The summed E-state index contributed by atoms with van der Waals surface area (Å²) in [6.45, 7) is 4.23. The maximum absolute atomic E-state index is 14.9. The molecular formula is C23H27FN4O2. The van der Waals surface area contributed by atoms with Crippen molar-refractivity contribution in [2.45, 2.75) is 70.4 Å². The topological polar surface area (TPSA) is 82.0 Å². The van der Waals surface area contributed by atoms with Gasteiger partial charge in [0, 0.05) is 24.7 Å². The van der Waals surface area contributed by atoms with Crippen LogP contribution in [0.15, 0.2) is 12.4 Å². The lowest BCUT2D eigenvalue weighted by molar-refractivity contribution is -0.163. The van der Waals surface area contributed by atoms with Crippen LogP contribution in [-0.4, -0.2) is 40.0 Å². The number of aromatic nitrogens is 2. The second kappa shape index (κ2) is 6.44. The number of hydrogen-bond acceptors (Lipinski definition) is 4. The highest BCUT2D eigenvalue weighted by Crippen LogP contribution is 2.61. The Balaban J connectivity index is 1.39. The van der Waals surface area contributed by atoms with Gasteiger partial charge in [-0.05, 0) is 49.0 Å². The fourth-order valence-electron chi connectivity index (χ4n) is 6.76. The van der Waals surface area contributed by atoms with E-state index in [0.717, 1.165) is 37.7 Å². The zero-order valence-corrected chi connectivity index (χ0v) is 17.7. The molecule has 1 N–H and O–H groups in total. The number of fused-ring (bicyclic) bond motifs is 1. The Hall–Kier alpha value is -2.62.